The molecule has 2 heterocycles. The molecule has 0 saturated carbocycles. The predicted molar refractivity (Wildman–Crippen MR) is 109 cm³/mol. The van der Waals surface area contributed by atoms with Gasteiger partial charge in [-0.1, -0.05) is 57.2 Å². The van der Waals surface area contributed by atoms with E-state index in [1.165, 1.54) is 0 Å². The van der Waals surface area contributed by atoms with E-state index >= 15 is 0 Å². The lowest BCUT2D eigenvalue weighted by molar-refractivity contribution is 0.481. The average molecular weight is 369 g/mol. The Balaban J connectivity index is 2.08. The Morgan fingerprint density at radius 2 is 1.64 bits per heavy atom. The Kier molecular flexibility index (Phi) is 4.80. The number of rotatable bonds is 4. The van der Waals surface area contributed by atoms with Crippen LogP contribution in [0.4, 0.5) is 0 Å². The SMILES string of the molecule is CC(C)(C)[Si](C)(C)Oc1nc(-c2ccccn2)sc1-c1ccccc1. The molecule has 3 aromatic rings. The second-order valence-electron chi connectivity index (χ2n) is 7.60. The molecular formula is C20H24N2OSSi. The summed E-state index contributed by atoms with van der Waals surface area (Å²) in [6, 6.07) is 16.2. The molecule has 0 atom stereocenters. The number of benzene rings is 1. The van der Waals surface area contributed by atoms with E-state index in [1.54, 1.807) is 17.5 Å². The van der Waals surface area contributed by atoms with Crippen molar-refractivity contribution in [2.24, 2.45) is 0 Å². The molecule has 0 aliphatic heterocycles. The van der Waals surface area contributed by atoms with Gasteiger partial charge in [0.15, 0.2) is 0 Å². The van der Waals surface area contributed by atoms with Gasteiger partial charge in [0.1, 0.15) is 5.01 Å². The first-order chi connectivity index (χ1) is 11.8. The minimum Gasteiger partial charge on any atom is -0.530 e. The van der Waals surface area contributed by atoms with Crippen molar-refractivity contribution in [1.29, 1.82) is 0 Å². The Labute approximate surface area is 154 Å². The van der Waals surface area contributed by atoms with Crippen molar-refractivity contribution in [2.75, 3.05) is 0 Å². The van der Waals surface area contributed by atoms with Gasteiger partial charge >= 0.3 is 0 Å². The third-order valence-electron chi connectivity index (χ3n) is 4.67. The second kappa shape index (κ2) is 6.73. The maximum Gasteiger partial charge on any atom is 0.252 e. The van der Waals surface area contributed by atoms with Crippen LogP contribution in [0.2, 0.25) is 18.1 Å². The number of nitrogens with zero attached hydrogens (tertiary/aromatic N) is 2. The molecule has 0 aliphatic carbocycles. The summed E-state index contributed by atoms with van der Waals surface area (Å²) in [5.74, 6) is 0.739. The van der Waals surface area contributed by atoms with Crippen LogP contribution in [0.5, 0.6) is 5.88 Å². The number of hydrogen-bond donors (Lipinski definition) is 0. The molecule has 0 spiro atoms. The normalized spacial score (nSPS) is 12.2. The van der Waals surface area contributed by atoms with Gasteiger partial charge in [-0.25, -0.2) is 4.98 Å². The van der Waals surface area contributed by atoms with Crippen molar-refractivity contribution in [2.45, 2.75) is 38.9 Å². The molecule has 2 aromatic heterocycles. The van der Waals surface area contributed by atoms with Crippen molar-refractivity contribution < 1.29 is 4.43 Å². The van der Waals surface area contributed by atoms with E-state index in [4.69, 9.17) is 9.41 Å². The molecule has 0 radical (unpaired) electrons. The van der Waals surface area contributed by atoms with Crippen molar-refractivity contribution in [3.05, 3.63) is 54.7 Å². The molecular weight excluding hydrogens is 344 g/mol. The first-order valence-corrected chi connectivity index (χ1v) is 12.2. The zero-order chi connectivity index (χ0) is 18.1. The highest BCUT2D eigenvalue weighted by atomic mass is 32.1. The molecule has 0 amide bonds. The van der Waals surface area contributed by atoms with Gasteiger partial charge in [0.2, 0.25) is 5.88 Å². The molecule has 0 N–H and O–H groups in total. The fourth-order valence-corrected chi connectivity index (χ4v) is 4.13. The van der Waals surface area contributed by atoms with Crippen LogP contribution in [-0.4, -0.2) is 18.3 Å². The molecule has 3 rings (SSSR count). The Bertz CT molecular complexity index is 839. The van der Waals surface area contributed by atoms with E-state index in [1.807, 2.05) is 36.4 Å². The highest BCUT2D eigenvalue weighted by molar-refractivity contribution is 7.18. The van der Waals surface area contributed by atoms with Gasteiger partial charge in [0.25, 0.3) is 8.32 Å². The first-order valence-electron chi connectivity index (χ1n) is 8.44. The summed E-state index contributed by atoms with van der Waals surface area (Å²) in [5.41, 5.74) is 2.02. The van der Waals surface area contributed by atoms with E-state index in [9.17, 15) is 0 Å². The maximum absolute atomic E-state index is 6.56. The largest absolute Gasteiger partial charge is 0.530 e. The van der Waals surface area contributed by atoms with Crippen molar-refractivity contribution >= 4 is 19.7 Å². The van der Waals surface area contributed by atoms with E-state index in [0.717, 1.165) is 27.0 Å². The molecule has 25 heavy (non-hydrogen) atoms. The van der Waals surface area contributed by atoms with Crippen LogP contribution >= 0.6 is 11.3 Å². The van der Waals surface area contributed by atoms with Crippen LogP contribution < -0.4 is 4.43 Å². The number of pyridine rings is 1. The van der Waals surface area contributed by atoms with Crippen molar-refractivity contribution in [3.63, 3.8) is 0 Å². The van der Waals surface area contributed by atoms with Crippen LogP contribution in [0.25, 0.3) is 21.1 Å². The van der Waals surface area contributed by atoms with Crippen LogP contribution in [0.15, 0.2) is 54.7 Å². The highest BCUT2D eigenvalue weighted by Gasteiger charge is 2.40. The third-order valence-corrected chi connectivity index (χ3v) is 10.1. The van der Waals surface area contributed by atoms with Crippen molar-refractivity contribution in [3.8, 4) is 27.0 Å². The molecule has 0 saturated heterocycles. The zero-order valence-electron chi connectivity index (χ0n) is 15.4. The molecule has 0 bridgehead atoms. The summed E-state index contributed by atoms with van der Waals surface area (Å²) in [6.45, 7) is 11.2. The van der Waals surface area contributed by atoms with Gasteiger partial charge in [0.05, 0.1) is 10.6 Å². The lowest BCUT2D eigenvalue weighted by atomic mass is 10.2. The minimum absolute atomic E-state index is 0.121. The van der Waals surface area contributed by atoms with Gasteiger partial charge < -0.3 is 4.43 Å². The van der Waals surface area contributed by atoms with E-state index in [-0.39, 0.29) is 5.04 Å². The molecule has 5 heteroatoms. The molecule has 130 valence electrons. The summed E-state index contributed by atoms with van der Waals surface area (Å²) in [5, 5.41) is 1.02. The second-order valence-corrected chi connectivity index (χ2v) is 13.3. The van der Waals surface area contributed by atoms with Crippen LogP contribution in [0.1, 0.15) is 20.8 Å². The highest BCUT2D eigenvalue weighted by Crippen LogP contribution is 2.43. The Hall–Kier alpha value is -1.98. The van der Waals surface area contributed by atoms with E-state index in [0.29, 0.717) is 0 Å². The van der Waals surface area contributed by atoms with E-state index < -0.39 is 8.32 Å². The summed E-state index contributed by atoms with van der Waals surface area (Å²) >= 11 is 1.64. The minimum atomic E-state index is -1.97. The zero-order valence-corrected chi connectivity index (χ0v) is 17.2. The average Bonchev–Trinajstić information content (AvgIpc) is 2.98. The standard InChI is InChI=1S/C20H24N2OSSi/c1-20(2,3)25(4,5)23-18-17(15-11-7-6-8-12-15)24-19(22-18)16-13-9-10-14-21-16/h6-14H,1-5H3. The number of hydrogen-bond acceptors (Lipinski definition) is 4. The first kappa shape index (κ1) is 17.8. The molecule has 1 aromatic carbocycles. The predicted octanol–water partition coefficient (Wildman–Crippen LogP) is 6.26. The molecule has 0 aliphatic rings. The maximum atomic E-state index is 6.56. The summed E-state index contributed by atoms with van der Waals surface area (Å²) in [7, 11) is -1.97. The van der Waals surface area contributed by atoms with Crippen LogP contribution in [0.3, 0.4) is 0 Å². The summed E-state index contributed by atoms with van der Waals surface area (Å²) in [4.78, 5) is 10.3. The fraction of sp³-hybridized carbons (Fsp3) is 0.300. The Morgan fingerprint density at radius 1 is 0.960 bits per heavy atom. The molecule has 0 fully saturated rings. The number of thiazole rings is 1. The Morgan fingerprint density at radius 3 is 2.24 bits per heavy atom. The lowest BCUT2D eigenvalue weighted by Gasteiger charge is -2.35. The van der Waals surface area contributed by atoms with Gasteiger partial charge in [-0.2, -0.15) is 0 Å². The van der Waals surface area contributed by atoms with Crippen LogP contribution in [-0.2, 0) is 0 Å². The lowest BCUT2D eigenvalue weighted by Crippen LogP contribution is -2.44. The van der Waals surface area contributed by atoms with Crippen LogP contribution in [0, 0.1) is 0 Å². The smallest absolute Gasteiger partial charge is 0.252 e. The topological polar surface area (TPSA) is 35.0 Å². The monoisotopic (exact) mass is 368 g/mol. The summed E-state index contributed by atoms with van der Waals surface area (Å²) < 4.78 is 6.56. The summed E-state index contributed by atoms with van der Waals surface area (Å²) in [6.07, 6.45) is 1.80. The van der Waals surface area contributed by atoms with Crippen molar-refractivity contribution in [1.82, 2.24) is 9.97 Å². The number of aromatic nitrogens is 2. The van der Waals surface area contributed by atoms with Gasteiger partial charge in [-0.15, -0.1) is 11.3 Å². The van der Waals surface area contributed by atoms with Gasteiger partial charge in [0, 0.05) is 6.20 Å². The fourth-order valence-electron chi connectivity index (χ4n) is 2.14. The quantitative estimate of drug-likeness (QED) is 0.510. The van der Waals surface area contributed by atoms with E-state index in [2.05, 4.69) is 51.0 Å². The van der Waals surface area contributed by atoms with Gasteiger partial charge in [-0.05, 0) is 35.8 Å². The molecule has 3 nitrogen and oxygen atoms in total. The third kappa shape index (κ3) is 3.83. The molecule has 0 unspecified atom stereocenters. The van der Waals surface area contributed by atoms with Gasteiger partial charge in [-0.3, -0.25) is 4.98 Å².